The predicted molar refractivity (Wildman–Crippen MR) is 91.5 cm³/mol. The minimum absolute atomic E-state index is 0. The summed E-state index contributed by atoms with van der Waals surface area (Å²) in [5, 5.41) is 0. The van der Waals surface area contributed by atoms with Crippen molar-refractivity contribution >= 4 is 11.8 Å². The van der Waals surface area contributed by atoms with Gasteiger partial charge < -0.3 is 4.90 Å². The van der Waals surface area contributed by atoms with Gasteiger partial charge in [0.25, 0.3) is 0 Å². The van der Waals surface area contributed by atoms with Crippen molar-refractivity contribution in [3.63, 3.8) is 0 Å². The zero-order chi connectivity index (χ0) is 12.1. The molecule has 0 rings (SSSR count). The molecule has 0 aliphatic rings. The van der Waals surface area contributed by atoms with Crippen LogP contribution < -0.4 is 0 Å². The van der Waals surface area contributed by atoms with E-state index in [0.717, 1.165) is 6.67 Å². The molecule has 0 aromatic heterocycles. The van der Waals surface area contributed by atoms with Crippen LogP contribution in [0.3, 0.4) is 0 Å². The van der Waals surface area contributed by atoms with Gasteiger partial charge in [0.1, 0.15) is 0 Å². The molecule has 0 bridgehead atoms. The van der Waals surface area contributed by atoms with Crippen molar-refractivity contribution in [1.82, 2.24) is 14.7 Å². The van der Waals surface area contributed by atoms with Gasteiger partial charge in [-0.25, -0.2) is 0 Å². The number of hydrogen-bond acceptors (Lipinski definition) is 4. The summed E-state index contributed by atoms with van der Waals surface area (Å²) < 4.78 is 0. The zero-order valence-electron chi connectivity index (χ0n) is 11.5. The number of thioether (sulfide) groups is 1. The maximum atomic E-state index is 2.12. The summed E-state index contributed by atoms with van der Waals surface area (Å²) in [6, 6.07) is 0. The molecule has 0 heterocycles. The minimum Gasteiger partial charge on any atom is -0.312 e. The second-order valence-corrected chi connectivity index (χ2v) is 4.87. The average molecular weight is 272 g/mol. The van der Waals surface area contributed by atoms with Gasteiger partial charge in [-0.3, -0.25) is 9.80 Å². The molecule has 114 valence electrons. The Morgan fingerprint density at radius 3 is 0.765 bits per heavy atom. The van der Waals surface area contributed by atoms with Crippen LogP contribution in [0.4, 0.5) is 0 Å². The van der Waals surface area contributed by atoms with Crippen molar-refractivity contribution in [3.05, 3.63) is 0 Å². The fraction of sp³-hybridized carbons (Fsp3) is 1.00. The van der Waals surface area contributed by atoms with E-state index in [4.69, 9.17) is 0 Å². The fourth-order valence-electron chi connectivity index (χ4n) is 0.566. The molecule has 3 nitrogen and oxygen atoms in total. The Morgan fingerprint density at radius 1 is 0.647 bits per heavy atom. The van der Waals surface area contributed by atoms with Crippen LogP contribution in [0.15, 0.2) is 0 Å². The highest BCUT2D eigenvalue weighted by molar-refractivity contribution is 7.97. The molecule has 0 aliphatic carbocycles. The molecule has 0 amide bonds. The van der Waals surface area contributed by atoms with Crippen LogP contribution >= 0.6 is 11.8 Å². The van der Waals surface area contributed by atoms with Gasteiger partial charge in [0.15, 0.2) is 0 Å². The Labute approximate surface area is 118 Å². The Hall–Kier alpha value is 0.230. The van der Waals surface area contributed by atoms with Crippen LogP contribution in [0.5, 0.6) is 0 Å². The Morgan fingerprint density at radius 2 is 0.765 bits per heavy atom. The molecule has 17 heavy (non-hydrogen) atoms. The summed E-state index contributed by atoms with van der Waals surface area (Å²) in [6.45, 7) is 1.03. The van der Waals surface area contributed by atoms with E-state index in [-0.39, 0.29) is 22.3 Å². The van der Waals surface area contributed by atoms with Gasteiger partial charge in [-0.1, -0.05) is 22.3 Å². The van der Waals surface area contributed by atoms with Crippen LogP contribution in [-0.2, 0) is 0 Å². The molecule has 4 heteroatoms. The molecule has 0 aromatic carbocycles. The maximum absolute atomic E-state index is 2.12. The van der Waals surface area contributed by atoms with Gasteiger partial charge in [0.05, 0.1) is 0 Å². The molecular weight excluding hydrogens is 230 g/mol. The standard InChI is InChI=1S/C5H14N2.C3H9N.C2H6S.3CH4/c1-6(2)5-7(3)4;1-4(2)3;1-3-2;;;/h5H2,1-4H3;1-3H3;1-2H3;3*1H4. The Bertz CT molecular complexity index is 78.0. The predicted octanol–water partition coefficient (Wildman–Crippen LogP) is 3.13. The van der Waals surface area contributed by atoms with Gasteiger partial charge in [-0.15, -0.1) is 0 Å². The first-order chi connectivity index (χ1) is 6.27. The lowest BCUT2D eigenvalue weighted by atomic mass is 10.8. The highest BCUT2D eigenvalue weighted by atomic mass is 32.2. The summed E-state index contributed by atoms with van der Waals surface area (Å²) in [6.07, 6.45) is 4.08. The first-order valence-electron chi connectivity index (χ1n) is 4.58. The monoisotopic (exact) mass is 271 g/mol. The minimum atomic E-state index is 0. The number of nitrogens with zero attached hydrogens (tertiary/aromatic N) is 3. The maximum Gasteiger partial charge on any atom is 0.0495 e. The highest BCUT2D eigenvalue weighted by Gasteiger charge is 1.87. The molecular formula is C13H41N3S. The highest BCUT2D eigenvalue weighted by Crippen LogP contribution is 1.74. The van der Waals surface area contributed by atoms with Gasteiger partial charge in [-0.05, 0) is 61.8 Å². The third-order valence-corrected chi connectivity index (χ3v) is 0.566. The lowest BCUT2D eigenvalue weighted by Crippen LogP contribution is -2.26. The summed E-state index contributed by atoms with van der Waals surface area (Å²) in [4.78, 5) is 6.25. The van der Waals surface area contributed by atoms with E-state index < -0.39 is 0 Å². The fourth-order valence-corrected chi connectivity index (χ4v) is 0.566. The molecule has 0 N–H and O–H groups in total. The van der Waals surface area contributed by atoms with Crippen molar-refractivity contribution in [2.45, 2.75) is 22.3 Å². The lowest BCUT2D eigenvalue weighted by Gasteiger charge is -2.14. The molecule has 0 spiro atoms. The largest absolute Gasteiger partial charge is 0.312 e. The second kappa shape index (κ2) is 29.9. The molecule has 0 unspecified atom stereocenters. The van der Waals surface area contributed by atoms with Crippen LogP contribution in [0, 0.1) is 0 Å². The van der Waals surface area contributed by atoms with Gasteiger partial charge in [0, 0.05) is 6.67 Å². The third-order valence-electron chi connectivity index (χ3n) is 0.566. The van der Waals surface area contributed by atoms with Crippen LogP contribution in [0.1, 0.15) is 22.3 Å². The third kappa shape index (κ3) is 184. The van der Waals surface area contributed by atoms with Crippen molar-refractivity contribution in [3.8, 4) is 0 Å². The smallest absolute Gasteiger partial charge is 0.0495 e. The van der Waals surface area contributed by atoms with Gasteiger partial charge in [-0.2, -0.15) is 11.8 Å². The molecule has 0 saturated carbocycles. The lowest BCUT2D eigenvalue weighted by molar-refractivity contribution is 0.245. The zero-order valence-corrected chi connectivity index (χ0v) is 12.3. The van der Waals surface area contributed by atoms with Crippen LogP contribution in [-0.4, -0.2) is 83.2 Å². The quantitative estimate of drug-likeness (QED) is 0.714. The molecule has 0 fully saturated rings. The molecule has 0 aromatic rings. The van der Waals surface area contributed by atoms with Crippen molar-refractivity contribution in [2.75, 3.05) is 68.5 Å². The SMILES string of the molecule is C.C.C.CN(C)C.CN(C)CN(C)C.CSC. The molecule has 0 aliphatic heterocycles. The molecule has 0 radical (unpaired) electrons. The topological polar surface area (TPSA) is 9.72 Å². The summed E-state index contributed by atoms with van der Waals surface area (Å²) in [5.74, 6) is 0. The van der Waals surface area contributed by atoms with Crippen molar-refractivity contribution in [2.24, 2.45) is 0 Å². The Kier molecular flexibility index (Phi) is 63.2. The average Bonchev–Trinajstić information content (AvgIpc) is 1.82. The Balaban J connectivity index is -0.0000000268. The first kappa shape index (κ1) is 36.0. The van der Waals surface area contributed by atoms with E-state index in [9.17, 15) is 0 Å². The summed E-state index contributed by atoms with van der Waals surface area (Å²) in [5.41, 5.74) is 0. The number of rotatable bonds is 2. The van der Waals surface area contributed by atoms with E-state index in [1.54, 1.807) is 11.8 Å². The van der Waals surface area contributed by atoms with Crippen LogP contribution in [0.2, 0.25) is 0 Å². The summed E-state index contributed by atoms with van der Waals surface area (Å²) >= 11 is 1.75. The van der Waals surface area contributed by atoms with Crippen molar-refractivity contribution in [1.29, 1.82) is 0 Å². The van der Waals surface area contributed by atoms with E-state index in [0.29, 0.717) is 0 Å². The van der Waals surface area contributed by atoms with E-state index in [2.05, 4.69) is 38.0 Å². The van der Waals surface area contributed by atoms with E-state index in [1.807, 2.05) is 38.6 Å². The van der Waals surface area contributed by atoms with Crippen molar-refractivity contribution < 1.29 is 0 Å². The second-order valence-electron chi connectivity index (χ2n) is 4.05. The first-order valence-corrected chi connectivity index (χ1v) is 6.21. The normalized spacial score (nSPS) is 7.76. The molecule has 0 saturated heterocycles. The van der Waals surface area contributed by atoms with E-state index >= 15 is 0 Å². The molecule has 0 atom stereocenters. The van der Waals surface area contributed by atoms with Crippen LogP contribution in [0.25, 0.3) is 0 Å². The summed E-state index contributed by atoms with van der Waals surface area (Å²) in [7, 11) is 14.2. The van der Waals surface area contributed by atoms with Gasteiger partial charge in [0.2, 0.25) is 0 Å². The van der Waals surface area contributed by atoms with Gasteiger partial charge >= 0.3 is 0 Å². The number of hydrogen-bond donors (Lipinski definition) is 0. The van der Waals surface area contributed by atoms with E-state index in [1.165, 1.54) is 0 Å².